The summed E-state index contributed by atoms with van der Waals surface area (Å²) in [7, 11) is 1.27. The molecule has 1 unspecified atom stereocenters. The fourth-order valence-corrected chi connectivity index (χ4v) is 2.51. The molecule has 0 radical (unpaired) electrons. The number of rotatable bonds is 5. The van der Waals surface area contributed by atoms with Crippen LogP contribution in [-0.2, 0) is 9.53 Å². The van der Waals surface area contributed by atoms with Crippen LogP contribution in [0.1, 0.15) is 26.2 Å². The zero-order valence-corrected chi connectivity index (χ0v) is 12.8. The van der Waals surface area contributed by atoms with Crippen LogP contribution in [0.2, 0.25) is 0 Å². The van der Waals surface area contributed by atoms with Crippen LogP contribution < -0.4 is 10.2 Å². The number of methoxy groups -OCH3 is 1. The van der Waals surface area contributed by atoms with Crippen molar-refractivity contribution in [3.05, 3.63) is 24.3 Å². The summed E-state index contributed by atoms with van der Waals surface area (Å²) in [6, 6.07) is 8.08. The highest BCUT2D eigenvalue weighted by atomic mass is 16.5. The molecule has 0 spiro atoms. The molecule has 1 aliphatic heterocycles. The van der Waals surface area contributed by atoms with Crippen LogP contribution in [0, 0.1) is 0 Å². The first-order chi connectivity index (χ1) is 10.0. The minimum atomic E-state index is -1.53. The summed E-state index contributed by atoms with van der Waals surface area (Å²) in [5, 5.41) is 13.0. The number of benzene rings is 1. The first-order valence-electron chi connectivity index (χ1n) is 7.42. The second-order valence-corrected chi connectivity index (χ2v) is 5.71. The van der Waals surface area contributed by atoms with Gasteiger partial charge in [-0.1, -0.05) is 0 Å². The van der Waals surface area contributed by atoms with Gasteiger partial charge in [0.25, 0.3) is 0 Å². The van der Waals surface area contributed by atoms with Crippen LogP contribution in [0.4, 0.5) is 11.4 Å². The molecule has 2 N–H and O–H groups in total. The van der Waals surface area contributed by atoms with Crippen molar-refractivity contribution in [2.75, 3.05) is 37.0 Å². The highest BCUT2D eigenvalue weighted by Crippen LogP contribution is 2.22. The molecule has 0 bridgehead atoms. The van der Waals surface area contributed by atoms with Gasteiger partial charge < -0.3 is 20.1 Å². The molecule has 0 saturated carbocycles. The normalized spacial score (nSPS) is 18.0. The van der Waals surface area contributed by atoms with Crippen molar-refractivity contribution >= 4 is 17.3 Å². The maximum absolute atomic E-state index is 11.4. The van der Waals surface area contributed by atoms with Crippen LogP contribution in [0.15, 0.2) is 24.3 Å². The maximum Gasteiger partial charge on any atom is 0.339 e. The molecular formula is C16H24N2O3. The van der Waals surface area contributed by atoms with Crippen LogP contribution in [0.3, 0.4) is 0 Å². The Morgan fingerprint density at radius 3 is 2.48 bits per heavy atom. The third-order valence-electron chi connectivity index (χ3n) is 3.85. The van der Waals surface area contributed by atoms with E-state index in [2.05, 4.69) is 27.1 Å². The Kier molecular flexibility index (Phi) is 5.07. The largest absolute Gasteiger partial charge is 0.467 e. The molecule has 1 fully saturated rings. The summed E-state index contributed by atoms with van der Waals surface area (Å²) < 4.78 is 4.57. The number of anilines is 2. The number of piperidine rings is 1. The van der Waals surface area contributed by atoms with Gasteiger partial charge in [-0.15, -0.1) is 0 Å². The standard InChI is InChI=1S/C16H24N2O3/c1-16(20,15(19)21-2)12-17-13-6-8-14(9-7-13)18-10-4-3-5-11-18/h6-9,17,20H,3-5,10-12H2,1-2H3. The summed E-state index contributed by atoms with van der Waals surface area (Å²) in [5.41, 5.74) is 0.570. The number of aliphatic hydroxyl groups is 1. The topological polar surface area (TPSA) is 61.8 Å². The molecule has 0 aromatic heterocycles. The van der Waals surface area contributed by atoms with Gasteiger partial charge in [0.2, 0.25) is 0 Å². The van der Waals surface area contributed by atoms with E-state index in [9.17, 15) is 9.90 Å². The molecule has 1 heterocycles. The second kappa shape index (κ2) is 6.80. The van der Waals surface area contributed by atoms with E-state index in [1.54, 1.807) is 0 Å². The summed E-state index contributed by atoms with van der Waals surface area (Å²) in [6.07, 6.45) is 3.82. The molecule has 5 heteroatoms. The van der Waals surface area contributed by atoms with Gasteiger partial charge in [0.1, 0.15) is 0 Å². The maximum atomic E-state index is 11.4. The van der Waals surface area contributed by atoms with Gasteiger partial charge in [-0.05, 0) is 50.5 Å². The van der Waals surface area contributed by atoms with E-state index < -0.39 is 11.6 Å². The van der Waals surface area contributed by atoms with Gasteiger partial charge in [0.15, 0.2) is 5.60 Å². The Morgan fingerprint density at radius 2 is 1.90 bits per heavy atom. The fraction of sp³-hybridized carbons (Fsp3) is 0.562. The molecule has 1 aromatic carbocycles. The molecule has 1 atom stereocenters. The van der Waals surface area contributed by atoms with Crippen molar-refractivity contribution in [1.82, 2.24) is 0 Å². The van der Waals surface area contributed by atoms with E-state index in [-0.39, 0.29) is 6.54 Å². The van der Waals surface area contributed by atoms with Crippen molar-refractivity contribution in [3.63, 3.8) is 0 Å². The molecular weight excluding hydrogens is 268 g/mol. The smallest absolute Gasteiger partial charge is 0.339 e. The lowest BCUT2D eigenvalue weighted by molar-refractivity contribution is -0.158. The second-order valence-electron chi connectivity index (χ2n) is 5.71. The monoisotopic (exact) mass is 292 g/mol. The van der Waals surface area contributed by atoms with Gasteiger partial charge in [-0.25, -0.2) is 4.79 Å². The molecule has 0 aliphatic carbocycles. The zero-order valence-electron chi connectivity index (χ0n) is 12.8. The lowest BCUT2D eigenvalue weighted by Crippen LogP contribution is -2.42. The number of ether oxygens (including phenoxy) is 1. The molecule has 2 rings (SSSR count). The molecule has 1 aliphatic rings. The van der Waals surface area contributed by atoms with Crippen molar-refractivity contribution in [1.29, 1.82) is 0 Å². The number of hydrogen-bond donors (Lipinski definition) is 2. The quantitative estimate of drug-likeness (QED) is 0.813. The van der Waals surface area contributed by atoms with E-state index in [0.717, 1.165) is 18.8 Å². The molecule has 21 heavy (non-hydrogen) atoms. The molecule has 1 aromatic rings. The summed E-state index contributed by atoms with van der Waals surface area (Å²) >= 11 is 0. The van der Waals surface area contributed by atoms with Gasteiger partial charge in [-0.2, -0.15) is 0 Å². The number of carbonyl (C=O) groups is 1. The Balaban J connectivity index is 1.91. The van der Waals surface area contributed by atoms with Crippen molar-refractivity contribution in [2.45, 2.75) is 31.8 Å². The lowest BCUT2D eigenvalue weighted by atomic mass is 10.1. The fourth-order valence-electron chi connectivity index (χ4n) is 2.51. The van der Waals surface area contributed by atoms with Gasteiger partial charge in [0, 0.05) is 24.5 Å². The highest BCUT2D eigenvalue weighted by Gasteiger charge is 2.31. The van der Waals surface area contributed by atoms with Crippen LogP contribution in [0.5, 0.6) is 0 Å². The number of nitrogens with zero attached hydrogens (tertiary/aromatic N) is 1. The van der Waals surface area contributed by atoms with Gasteiger partial charge in [-0.3, -0.25) is 0 Å². The summed E-state index contributed by atoms with van der Waals surface area (Å²) in [4.78, 5) is 13.8. The van der Waals surface area contributed by atoms with Gasteiger partial charge >= 0.3 is 5.97 Å². The average molecular weight is 292 g/mol. The Labute approximate surface area is 125 Å². The minimum absolute atomic E-state index is 0.114. The molecule has 0 amide bonds. The predicted molar refractivity (Wildman–Crippen MR) is 83.6 cm³/mol. The number of esters is 1. The Bertz CT molecular complexity index is 465. The Hall–Kier alpha value is -1.75. The van der Waals surface area contributed by atoms with E-state index >= 15 is 0 Å². The lowest BCUT2D eigenvalue weighted by Gasteiger charge is -2.29. The first-order valence-corrected chi connectivity index (χ1v) is 7.42. The number of hydrogen-bond acceptors (Lipinski definition) is 5. The SMILES string of the molecule is COC(=O)C(C)(O)CNc1ccc(N2CCCCC2)cc1. The van der Waals surface area contributed by atoms with Gasteiger partial charge in [0.05, 0.1) is 13.7 Å². The predicted octanol–water partition coefficient (Wildman–Crippen LogP) is 2.01. The summed E-state index contributed by atoms with van der Waals surface area (Å²) in [6.45, 7) is 3.78. The Morgan fingerprint density at radius 1 is 1.29 bits per heavy atom. The molecule has 1 saturated heterocycles. The average Bonchev–Trinajstić information content (AvgIpc) is 2.53. The van der Waals surface area contributed by atoms with E-state index in [4.69, 9.17) is 0 Å². The van der Waals surface area contributed by atoms with E-state index in [0.29, 0.717) is 0 Å². The number of nitrogens with one attached hydrogen (secondary N) is 1. The zero-order chi connectivity index (χ0) is 15.3. The van der Waals surface area contributed by atoms with Crippen LogP contribution in [0.25, 0.3) is 0 Å². The van der Waals surface area contributed by atoms with Crippen LogP contribution in [-0.4, -0.2) is 43.4 Å². The molecule has 5 nitrogen and oxygen atoms in total. The first kappa shape index (κ1) is 15.6. The minimum Gasteiger partial charge on any atom is -0.467 e. The number of carbonyl (C=O) groups excluding carboxylic acids is 1. The van der Waals surface area contributed by atoms with Crippen molar-refractivity contribution < 1.29 is 14.6 Å². The van der Waals surface area contributed by atoms with E-state index in [1.807, 2.05) is 12.1 Å². The highest BCUT2D eigenvalue weighted by molar-refractivity contribution is 5.79. The van der Waals surface area contributed by atoms with Crippen LogP contribution >= 0.6 is 0 Å². The molecule has 116 valence electrons. The summed E-state index contributed by atoms with van der Waals surface area (Å²) in [5.74, 6) is -0.639. The third kappa shape index (κ3) is 4.11. The van der Waals surface area contributed by atoms with Crippen molar-refractivity contribution in [3.8, 4) is 0 Å². The third-order valence-corrected chi connectivity index (χ3v) is 3.85. The van der Waals surface area contributed by atoms with E-state index in [1.165, 1.54) is 39.0 Å². The van der Waals surface area contributed by atoms with Crippen molar-refractivity contribution in [2.24, 2.45) is 0 Å².